The van der Waals surface area contributed by atoms with Crippen molar-refractivity contribution in [1.82, 2.24) is 4.90 Å². The Balaban J connectivity index is 3.74. The number of ether oxygens (including phenoxy) is 1. The highest BCUT2D eigenvalue weighted by atomic mass is 16.5. The molecule has 15 heavy (non-hydrogen) atoms. The van der Waals surface area contributed by atoms with Crippen LogP contribution in [0.4, 0.5) is 0 Å². The van der Waals surface area contributed by atoms with E-state index >= 15 is 0 Å². The van der Waals surface area contributed by atoms with Gasteiger partial charge in [-0.2, -0.15) is 0 Å². The summed E-state index contributed by atoms with van der Waals surface area (Å²) in [5, 5.41) is 8.72. The van der Waals surface area contributed by atoms with E-state index in [9.17, 15) is 4.79 Å². The van der Waals surface area contributed by atoms with Crippen LogP contribution in [0.15, 0.2) is 0 Å². The van der Waals surface area contributed by atoms with E-state index in [1.807, 2.05) is 4.90 Å². The molecule has 0 saturated heterocycles. The van der Waals surface area contributed by atoms with Crippen LogP contribution in [0.2, 0.25) is 0 Å². The Bertz CT molecular complexity index is 171. The number of aliphatic carboxylic acids is 1. The highest BCUT2D eigenvalue weighted by molar-refractivity contribution is 5.69. The van der Waals surface area contributed by atoms with Crippen molar-refractivity contribution in [2.75, 3.05) is 32.8 Å². The summed E-state index contributed by atoms with van der Waals surface area (Å²) in [6.45, 7) is 9.21. The number of nitrogens with zero attached hydrogens (tertiary/aromatic N) is 1. The van der Waals surface area contributed by atoms with Gasteiger partial charge in [0.1, 0.15) is 0 Å². The van der Waals surface area contributed by atoms with Gasteiger partial charge in [0, 0.05) is 19.7 Å². The predicted molar refractivity (Wildman–Crippen MR) is 60.0 cm³/mol. The number of carboxylic acids is 1. The van der Waals surface area contributed by atoms with Crippen LogP contribution in [0.5, 0.6) is 0 Å². The van der Waals surface area contributed by atoms with Crippen molar-refractivity contribution in [3.63, 3.8) is 0 Å². The van der Waals surface area contributed by atoms with Crippen molar-refractivity contribution in [3.8, 4) is 0 Å². The molecule has 0 fully saturated rings. The van der Waals surface area contributed by atoms with Crippen LogP contribution in [-0.2, 0) is 9.53 Å². The van der Waals surface area contributed by atoms with Crippen molar-refractivity contribution in [1.29, 1.82) is 0 Å². The highest BCUT2D eigenvalue weighted by Crippen LogP contribution is 1.98. The molecular weight excluding hydrogens is 194 g/mol. The number of hydrogen-bond acceptors (Lipinski definition) is 3. The topological polar surface area (TPSA) is 49.8 Å². The SMILES string of the molecule is CCCOCCN(CC(=O)O)CC(C)C. The van der Waals surface area contributed by atoms with Gasteiger partial charge in [-0.25, -0.2) is 0 Å². The molecule has 1 N–H and O–H groups in total. The maximum Gasteiger partial charge on any atom is 0.317 e. The van der Waals surface area contributed by atoms with Gasteiger partial charge < -0.3 is 9.84 Å². The second-order valence-electron chi connectivity index (χ2n) is 4.14. The first-order valence-corrected chi connectivity index (χ1v) is 5.58. The maximum atomic E-state index is 10.6. The highest BCUT2D eigenvalue weighted by Gasteiger charge is 2.10. The first kappa shape index (κ1) is 14.4. The van der Waals surface area contributed by atoms with E-state index < -0.39 is 5.97 Å². The number of hydrogen-bond donors (Lipinski definition) is 1. The maximum absolute atomic E-state index is 10.6. The predicted octanol–water partition coefficient (Wildman–Crippen LogP) is 1.46. The zero-order valence-electron chi connectivity index (χ0n) is 10.0. The normalized spacial score (nSPS) is 11.3. The van der Waals surface area contributed by atoms with Gasteiger partial charge in [-0.1, -0.05) is 20.8 Å². The van der Waals surface area contributed by atoms with Crippen LogP contribution < -0.4 is 0 Å². The minimum atomic E-state index is -0.772. The van der Waals surface area contributed by atoms with E-state index in [4.69, 9.17) is 9.84 Å². The van der Waals surface area contributed by atoms with E-state index in [1.165, 1.54) is 0 Å². The molecule has 0 bridgehead atoms. The molecule has 0 aliphatic rings. The number of carbonyl (C=O) groups is 1. The van der Waals surface area contributed by atoms with Gasteiger partial charge in [0.15, 0.2) is 0 Å². The third-order valence-electron chi connectivity index (χ3n) is 1.88. The Kier molecular flexibility index (Phi) is 8.33. The van der Waals surface area contributed by atoms with E-state index in [-0.39, 0.29) is 6.54 Å². The van der Waals surface area contributed by atoms with Gasteiger partial charge in [-0.15, -0.1) is 0 Å². The Morgan fingerprint density at radius 3 is 2.53 bits per heavy atom. The lowest BCUT2D eigenvalue weighted by atomic mass is 10.2. The van der Waals surface area contributed by atoms with Crippen molar-refractivity contribution in [2.24, 2.45) is 5.92 Å². The zero-order chi connectivity index (χ0) is 11.7. The van der Waals surface area contributed by atoms with E-state index in [0.717, 1.165) is 19.6 Å². The smallest absolute Gasteiger partial charge is 0.317 e. The second-order valence-corrected chi connectivity index (χ2v) is 4.14. The quantitative estimate of drug-likeness (QED) is 0.594. The minimum Gasteiger partial charge on any atom is -0.480 e. The summed E-state index contributed by atoms with van der Waals surface area (Å²) in [5.74, 6) is -0.290. The van der Waals surface area contributed by atoms with E-state index in [2.05, 4.69) is 20.8 Å². The fraction of sp³-hybridized carbons (Fsp3) is 0.909. The van der Waals surface area contributed by atoms with E-state index in [0.29, 0.717) is 19.1 Å². The molecule has 0 atom stereocenters. The van der Waals surface area contributed by atoms with Gasteiger partial charge >= 0.3 is 5.97 Å². The molecule has 0 aliphatic carbocycles. The molecule has 0 heterocycles. The Labute approximate surface area is 92.2 Å². The lowest BCUT2D eigenvalue weighted by Gasteiger charge is -2.21. The van der Waals surface area contributed by atoms with Gasteiger partial charge in [-0.3, -0.25) is 9.69 Å². The first-order valence-electron chi connectivity index (χ1n) is 5.58. The van der Waals surface area contributed by atoms with Crippen LogP contribution in [0.25, 0.3) is 0 Å². The molecule has 4 heteroatoms. The third-order valence-corrected chi connectivity index (χ3v) is 1.88. The van der Waals surface area contributed by atoms with Gasteiger partial charge in [-0.05, 0) is 12.3 Å². The molecule has 0 spiro atoms. The summed E-state index contributed by atoms with van der Waals surface area (Å²) in [6.07, 6.45) is 1.00. The fourth-order valence-electron chi connectivity index (χ4n) is 1.38. The average Bonchev–Trinajstić information content (AvgIpc) is 2.10. The molecule has 0 rings (SSSR count). The van der Waals surface area contributed by atoms with Crippen LogP contribution >= 0.6 is 0 Å². The number of carboxylic acid groups (broad SMARTS) is 1. The summed E-state index contributed by atoms with van der Waals surface area (Å²) in [6, 6.07) is 0. The Morgan fingerprint density at radius 2 is 2.07 bits per heavy atom. The summed E-state index contributed by atoms with van der Waals surface area (Å²) in [5.41, 5.74) is 0. The molecule has 0 saturated carbocycles. The molecule has 0 aliphatic heterocycles. The lowest BCUT2D eigenvalue weighted by molar-refractivity contribution is -0.138. The van der Waals surface area contributed by atoms with Gasteiger partial charge in [0.2, 0.25) is 0 Å². The van der Waals surface area contributed by atoms with Crippen molar-refractivity contribution >= 4 is 5.97 Å². The summed E-state index contributed by atoms with van der Waals surface area (Å²) in [4.78, 5) is 12.5. The first-order chi connectivity index (χ1) is 7.06. The van der Waals surface area contributed by atoms with Crippen LogP contribution in [-0.4, -0.2) is 48.8 Å². The molecule has 0 aromatic carbocycles. The fourth-order valence-corrected chi connectivity index (χ4v) is 1.38. The molecule has 0 amide bonds. The average molecular weight is 217 g/mol. The summed E-state index contributed by atoms with van der Waals surface area (Å²) in [7, 11) is 0. The largest absolute Gasteiger partial charge is 0.480 e. The van der Waals surface area contributed by atoms with Crippen LogP contribution in [0.3, 0.4) is 0 Å². The van der Waals surface area contributed by atoms with Crippen molar-refractivity contribution < 1.29 is 14.6 Å². The lowest BCUT2D eigenvalue weighted by Crippen LogP contribution is -2.35. The van der Waals surface area contributed by atoms with Crippen LogP contribution in [0.1, 0.15) is 27.2 Å². The minimum absolute atomic E-state index is 0.105. The molecule has 0 unspecified atom stereocenters. The molecule has 90 valence electrons. The molecule has 0 aromatic rings. The molecular formula is C11H23NO3. The third kappa shape index (κ3) is 9.69. The monoisotopic (exact) mass is 217 g/mol. The standard InChI is InChI=1S/C11H23NO3/c1-4-6-15-7-5-12(8-10(2)3)9-11(13)14/h10H,4-9H2,1-3H3,(H,13,14). The molecule has 0 radical (unpaired) electrons. The summed E-state index contributed by atoms with van der Waals surface area (Å²) >= 11 is 0. The number of rotatable bonds is 9. The zero-order valence-corrected chi connectivity index (χ0v) is 10.0. The van der Waals surface area contributed by atoms with Gasteiger partial charge in [0.25, 0.3) is 0 Å². The van der Waals surface area contributed by atoms with Crippen molar-refractivity contribution in [2.45, 2.75) is 27.2 Å². The van der Waals surface area contributed by atoms with Crippen LogP contribution in [0, 0.1) is 5.92 Å². The summed E-state index contributed by atoms with van der Waals surface area (Å²) < 4.78 is 5.34. The Hall–Kier alpha value is -0.610. The molecule has 4 nitrogen and oxygen atoms in total. The van der Waals surface area contributed by atoms with Gasteiger partial charge in [0.05, 0.1) is 13.2 Å². The van der Waals surface area contributed by atoms with Crippen molar-refractivity contribution in [3.05, 3.63) is 0 Å². The Morgan fingerprint density at radius 1 is 1.40 bits per heavy atom. The second kappa shape index (κ2) is 8.68. The molecule has 0 aromatic heterocycles. The van der Waals surface area contributed by atoms with E-state index in [1.54, 1.807) is 0 Å².